The number of amides is 2. The molecule has 0 aromatic heterocycles. The molecule has 0 aliphatic carbocycles. The summed E-state index contributed by atoms with van der Waals surface area (Å²) in [6.45, 7) is 8.77. The molecule has 178 valence electrons. The smallest absolute Gasteiger partial charge is 0.408 e. The fraction of sp³-hybridized carbons (Fsp3) is 0.565. The van der Waals surface area contributed by atoms with Crippen LogP contribution < -0.4 is 10.6 Å². The maximum absolute atomic E-state index is 12.7. The molecule has 9 heteroatoms. The van der Waals surface area contributed by atoms with E-state index in [0.717, 1.165) is 5.56 Å². The van der Waals surface area contributed by atoms with Crippen LogP contribution in [0.1, 0.15) is 59.4 Å². The molecule has 2 atom stereocenters. The van der Waals surface area contributed by atoms with E-state index in [1.165, 1.54) is 0 Å². The van der Waals surface area contributed by atoms with Gasteiger partial charge >= 0.3 is 18.0 Å². The van der Waals surface area contributed by atoms with E-state index in [1.807, 2.05) is 44.2 Å². The third-order valence-electron chi connectivity index (χ3n) is 4.21. The summed E-state index contributed by atoms with van der Waals surface area (Å²) >= 11 is 0. The van der Waals surface area contributed by atoms with Crippen molar-refractivity contribution in [1.29, 1.82) is 0 Å². The van der Waals surface area contributed by atoms with Gasteiger partial charge in [0.15, 0.2) is 0 Å². The van der Waals surface area contributed by atoms with Gasteiger partial charge in [-0.2, -0.15) is 0 Å². The van der Waals surface area contributed by atoms with Crippen molar-refractivity contribution in [3.63, 3.8) is 0 Å². The van der Waals surface area contributed by atoms with Crippen LogP contribution in [-0.2, 0) is 30.5 Å². The van der Waals surface area contributed by atoms with Gasteiger partial charge in [0.2, 0.25) is 5.91 Å². The minimum absolute atomic E-state index is 0.0293. The lowest BCUT2D eigenvalue weighted by Crippen LogP contribution is -2.52. The average molecular weight is 451 g/mol. The number of hydrogen-bond acceptors (Lipinski definition) is 6. The monoisotopic (exact) mass is 450 g/mol. The molecule has 0 radical (unpaired) electrons. The lowest BCUT2D eigenvalue weighted by atomic mass is 10.0. The highest BCUT2D eigenvalue weighted by molar-refractivity contribution is 5.89. The molecule has 32 heavy (non-hydrogen) atoms. The Morgan fingerprint density at radius 3 is 2.16 bits per heavy atom. The third-order valence-corrected chi connectivity index (χ3v) is 4.21. The van der Waals surface area contributed by atoms with E-state index in [-0.39, 0.29) is 31.8 Å². The summed E-state index contributed by atoms with van der Waals surface area (Å²) in [5.41, 5.74) is 0.0287. The van der Waals surface area contributed by atoms with E-state index in [1.54, 1.807) is 20.8 Å². The number of benzene rings is 1. The number of carboxylic acid groups (broad SMARTS) is 1. The summed E-state index contributed by atoms with van der Waals surface area (Å²) in [4.78, 5) is 48.5. The molecule has 1 aromatic carbocycles. The van der Waals surface area contributed by atoms with Gasteiger partial charge in [-0.05, 0) is 45.1 Å². The van der Waals surface area contributed by atoms with Crippen LogP contribution in [0.25, 0.3) is 0 Å². The summed E-state index contributed by atoms with van der Waals surface area (Å²) in [5.74, 6) is -2.40. The number of alkyl carbamates (subject to hydrolysis) is 1. The van der Waals surface area contributed by atoms with Crippen molar-refractivity contribution in [3.05, 3.63) is 35.9 Å². The maximum Gasteiger partial charge on any atom is 0.408 e. The SMILES string of the molecule is CC(C)C[C@H](NC(=O)[C@H](CCC(=O)OCc1ccccc1)NC(=O)OC(C)(C)C)C(=O)O. The van der Waals surface area contributed by atoms with E-state index < -0.39 is 41.6 Å². The fourth-order valence-electron chi connectivity index (χ4n) is 2.76. The minimum Gasteiger partial charge on any atom is -0.480 e. The van der Waals surface area contributed by atoms with Gasteiger partial charge in [0.1, 0.15) is 24.3 Å². The number of ether oxygens (including phenoxy) is 2. The van der Waals surface area contributed by atoms with E-state index in [0.29, 0.717) is 0 Å². The van der Waals surface area contributed by atoms with Gasteiger partial charge < -0.3 is 25.2 Å². The van der Waals surface area contributed by atoms with Crippen molar-refractivity contribution in [1.82, 2.24) is 10.6 Å². The second-order valence-corrected chi connectivity index (χ2v) is 8.91. The molecule has 0 bridgehead atoms. The van der Waals surface area contributed by atoms with Crippen LogP contribution in [0.4, 0.5) is 4.79 Å². The Balaban J connectivity index is 2.77. The molecule has 0 aliphatic heterocycles. The van der Waals surface area contributed by atoms with Crippen LogP contribution in [-0.4, -0.2) is 46.7 Å². The maximum atomic E-state index is 12.7. The summed E-state index contributed by atoms with van der Waals surface area (Å²) in [6, 6.07) is 6.84. The summed E-state index contributed by atoms with van der Waals surface area (Å²) < 4.78 is 10.4. The number of rotatable bonds is 11. The number of aliphatic carboxylic acids is 1. The van der Waals surface area contributed by atoms with E-state index in [9.17, 15) is 24.3 Å². The Morgan fingerprint density at radius 1 is 1.00 bits per heavy atom. The van der Waals surface area contributed by atoms with Gasteiger partial charge in [0.05, 0.1) is 0 Å². The van der Waals surface area contributed by atoms with Crippen LogP contribution >= 0.6 is 0 Å². The van der Waals surface area contributed by atoms with Crippen LogP contribution in [0, 0.1) is 5.92 Å². The number of esters is 1. The normalized spacial score (nSPS) is 13.1. The van der Waals surface area contributed by atoms with Crippen molar-refractivity contribution < 1.29 is 33.8 Å². The third kappa shape index (κ3) is 11.3. The lowest BCUT2D eigenvalue weighted by molar-refractivity contribution is -0.146. The second-order valence-electron chi connectivity index (χ2n) is 8.91. The van der Waals surface area contributed by atoms with Crippen molar-refractivity contribution in [2.24, 2.45) is 5.92 Å². The Morgan fingerprint density at radius 2 is 1.62 bits per heavy atom. The number of carbonyl (C=O) groups is 4. The predicted octanol–water partition coefficient (Wildman–Crippen LogP) is 3.02. The van der Waals surface area contributed by atoms with Gasteiger partial charge in [0.25, 0.3) is 0 Å². The summed E-state index contributed by atoms with van der Waals surface area (Å²) in [6.07, 6.45) is -0.847. The molecule has 0 saturated carbocycles. The van der Waals surface area contributed by atoms with Crippen LogP contribution in [0.15, 0.2) is 30.3 Å². The van der Waals surface area contributed by atoms with Crippen molar-refractivity contribution in [3.8, 4) is 0 Å². The van der Waals surface area contributed by atoms with E-state index in [2.05, 4.69) is 10.6 Å². The van der Waals surface area contributed by atoms with Gasteiger partial charge in [0, 0.05) is 6.42 Å². The Labute approximate surface area is 188 Å². The van der Waals surface area contributed by atoms with Crippen molar-refractivity contribution >= 4 is 23.9 Å². The Kier molecular flexibility index (Phi) is 10.7. The molecular formula is C23H34N2O7. The van der Waals surface area contributed by atoms with Gasteiger partial charge in [-0.25, -0.2) is 9.59 Å². The molecule has 0 spiro atoms. The zero-order valence-corrected chi connectivity index (χ0v) is 19.3. The topological polar surface area (TPSA) is 131 Å². The molecule has 0 heterocycles. The molecule has 0 aliphatic rings. The number of hydrogen-bond donors (Lipinski definition) is 3. The van der Waals surface area contributed by atoms with Crippen LogP contribution in [0.3, 0.4) is 0 Å². The predicted molar refractivity (Wildman–Crippen MR) is 118 cm³/mol. The van der Waals surface area contributed by atoms with E-state index in [4.69, 9.17) is 9.47 Å². The summed E-state index contributed by atoms with van der Waals surface area (Å²) in [5, 5.41) is 14.2. The lowest BCUT2D eigenvalue weighted by Gasteiger charge is -2.24. The number of carbonyl (C=O) groups excluding carboxylic acids is 3. The molecular weight excluding hydrogens is 416 g/mol. The highest BCUT2D eigenvalue weighted by Crippen LogP contribution is 2.10. The standard InChI is InChI=1S/C23H34N2O7/c1-15(2)13-18(21(28)29)24-20(27)17(25-22(30)32-23(3,4)5)11-12-19(26)31-14-16-9-7-6-8-10-16/h6-10,15,17-18H,11-14H2,1-5H3,(H,24,27)(H,25,30)(H,28,29)/t17-,18-/m0/s1. The molecule has 9 nitrogen and oxygen atoms in total. The highest BCUT2D eigenvalue weighted by atomic mass is 16.6. The van der Waals surface area contributed by atoms with Gasteiger partial charge in [-0.3, -0.25) is 9.59 Å². The highest BCUT2D eigenvalue weighted by Gasteiger charge is 2.29. The minimum atomic E-state index is -1.18. The average Bonchev–Trinajstić information content (AvgIpc) is 2.67. The molecule has 0 fully saturated rings. The molecule has 0 saturated heterocycles. The zero-order valence-electron chi connectivity index (χ0n) is 19.3. The Bertz CT molecular complexity index is 772. The van der Waals surface area contributed by atoms with Crippen LogP contribution in [0.2, 0.25) is 0 Å². The number of carboxylic acids is 1. The molecule has 3 N–H and O–H groups in total. The number of nitrogens with one attached hydrogen (secondary N) is 2. The first kappa shape index (κ1) is 26.9. The van der Waals surface area contributed by atoms with Gasteiger partial charge in [-0.1, -0.05) is 44.2 Å². The fourth-order valence-corrected chi connectivity index (χ4v) is 2.76. The molecule has 0 unspecified atom stereocenters. The van der Waals surface area contributed by atoms with Gasteiger partial charge in [-0.15, -0.1) is 0 Å². The first-order valence-corrected chi connectivity index (χ1v) is 10.6. The van der Waals surface area contributed by atoms with Crippen molar-refractivity contribution in [2.45, 2.75) is 78.2 Å². The van der Waals surface area contributed by atoms with Crippen molar-refractivity contribution in [2.75, 3.05) is 0 Å². The zero-order chi connectivity index (χ0) is 24.3. The van der Waals surface area contributed by atoms with E-state index >= 15 is 0 Å². The Hall–Kier alpha value is -3.10. The second kappa shape index (κ2) is 12.7. The largest absolute Gasteiger partial charge is 0.480 e. The quantitative estimate of drug-likeness (QED) is 0.442. The molecule has 2 amide bonds. The molecule has 1 aromatic rings. The summed E-state index contributed by atoms with van der Waals surface area (Å²) in [7, 11) is 0. The first-order valence-electron chi connectivity index (χ1n) is 10.6. The first-order chi connectivity index (χ1) is 14.9. The molecule has 1 rings (SSSR count). The van der Waals surface area contributed by atoms with Crippen LogP contribution in [0.5, 0.6) is 0 Å².